The zero-order valence-electron chi connectivity index (χ0n) is 9.09. The standard InChI is InChI=1S/C11H22N2/c1-8-6-10(11(12)4-5-11)7-9(2)13(8)3/h8-10H,4-7,12H2,1-3H3/t8-,9+,10?. The second-order valence-corrected chi connectivity index (χ2v) is 5.27. The van der Waals surface area contributed by atoms with E-state index in [4.69, 9.17) is 5.73 Å². The Bertz CT molecular complexity index is 186. The average Bonchev–Trinajstić information content (AvgIpc) is 2.80. The zero-order valence-corrected chi connectivity index (χ0v) is 9.09. The van der Waals surface area contributed by atoms with Gasteiger partial charge in [-0.1, -0.05) is 0 Å². The molecule has 1 saturated heterocycles. The van der Waals surface area contributed by atoms with E-state index in [1.807, 2.05) is 0 Å². The van der Waals surface area contributed by atoms with Crippen LogP contribution in [-0.4, -0.2) is 29.6 Å². The van der Waals surface area contributed by atoms with Crippen LogP contribution < -0.4 is 5.73 Å². The molecule has 1 saturated carbocycles. The SMILES string of the molecule is C[C@@H]1CC(C2(N)CC2)C[C@H](C)N1C. The Balaban J connectivity index is 2.01. The van der Waals surface area contributed by atoms with Crippen molar-refractivity contribution in [3.8, 4) is 0 Å². The lowest BCUT2D eigenvalue weighted by molar-refractivity contribution is 0.0828. The highest BCUT2D eigenvalue weighted by Crippen LogP contribution is 2.46. The molecule has 1 aliphatic carbocycles. The van der Waals surface area contributed by atoms with Gasteiger partial charge >= 0.3 is 0 Å². The minimum absolute atomic E-state index is 0.240. The molecule has 2 fully saturated rings. The third-order valence-electron chi connectivity index (χ3n) is 4.28. The van der Waals surface area contributed by atoms with Crippen molar-refractivity contribution < 1.29 is 0 Å². The zero-order chi connectivity index (χ0) is 9.64. The third kappa shape index (κ3) is 1.62. The van der Waals surface area contributed by atoms with E-state index in [2.05, 4.69) is 25.8 Å². The van der Waals surface area contributed by atoms with E-state index in [-0.39, 0.29) is 5.54 Å². The topological polar surface area (TPSA) is 29.3 Å². The first kappa shape index (κ1) is 9.47. The Morgan fingerprint density at radius 3 is 2.00 bits per heavy atom. The van der Waals surface area contributed by atoms with E-state index in [9.17, 15) is 0 Å². The largest absolute Gasteiger partial charge is 0.325 e. The molecule has 1 aliphatic heterocycles. The van der Waals surface area contributed by atoms with Crippen molar-refractivity contribution in [1.82, 2.24) is 4.90 Å². The van der Waals surface area contributed by atoms with E-state index in [0.29, 0.717) is 0 Å². The van der Waals surface area contributed by atoms with Gasteiger partial charge < -0.3 is 10.6 Å². The Kier molecular flexibility index (Phi) is 2.16. The van der Waals surface area contributed by atoms with Gasteiger partial charge in [0.05, 0.1) is 0 Å². The summed E-state index contributed by atoms with van der Waals surface area (Å²) in [5.41, 5.74) is 6.51. The van der Waals surface area contributed by atoms with Gasteiger partial charge in [0.25, 0.3) is 0 Å². The van der Waals surface area contributed by atoms with Crippen LogP contribution in [0.3, 0.4) is 0 Å². The molecule has 0 spiro atoms. The van der Waals surface area contributed by atoms with Crippen molar-refractivity contribution in [2.75, 3.05) is 7.05 Å². The summed E-state index contributed by atoms with van der Waals surface area (Å²) in [6.07, 6.45) is 5.14. The highest BCUT2D eigenvalue weighted by Gasteiger charge is 2.48. The highest BCUT2D eigenvalue weighted by atomic mass is 15.2. The Hall–Kier alpha value is -0.0800. The van der Waals surface area contributed by atoms with Crippen LogP contribution in [-0.2, 0) is 0 Å². The molecule has 2 aliphatic rings. The van der Waals surface area contributed by atoms with Crippen molar-refractivity contribution in [1.29, 1.82) is 0 Å². The number of likely N-dealkylation sites (tertiary alicyclic amines) is 1. The van der Waals surface area contributed by atoms with E-state index >= 15 is 0 Å². The minimum Gasteiger partial charge on any atom is -0.325 e. The lowest BCUT2D eigenvalue weighted by Gasteiger charge is -2.42. The summed E-state index contributed by atoms with van der Waals surface area (Å²) in [5, 5.41) is 0. The van der Waals surface area contributed by atoms with Gasteiger partial charge in [-0.3, -0.25) is 0 Å². The van der Waals surface area contributed by atoms with Gasteiger partial charge in [-0.25, -0.2) is 0 Å². The van der Waals surface area contributed by atoms with Crippen molar-refractivity contribution in [2.24, 2.45) is 11.7 Å². The highest BCUT2D eigenvalue weighted by molar-refractivity contribution is 5.06. The molecule has 2 N–H and O–H groups in total. The first-order valence-electron chi connectivity index (χ1n) is 5.54. The Labute approximate surface area is 81.5 Å². The predicted molar refractivity (Wildman–Crippen MR) is 55.6 cm³/mol. The molecule has 2 nitrogen and oxygen atoms in total. The lowest BCUT2D eigenvalue weighted by Crippen LogP contribution is -2.49. The van der Waals surface area contributed by atoms with Crippen LogP contribution in [0.2, 0.25) is 0 Å². The Morgan fingerprint density at radius 1 is 1.15 bits per heavy atom. The molecule has 13 heavy (non-hydrogen) atoms. The van der Waals surface area contributed by atoms with Crippen molar-refractivity contribution in [3.63, 3.8) is 0 Å². The molecule has 3 atom stereocenters. The molecule has 0 amide bonds. The maximum absolute atomic E-state index is 6.27. The first-order valence-corrected chi connectivity index (χ1v) is 5.54. The summed E-state index contributed by atoms with van der Waals surface area (Å²) >= 11 is 0. The summed E-state index contributed by atoms with van der Waals surface area (Å²) in [7, 11) is 2.24. The normalized spacial score (nSPS) is 44.8. The van der Waals surface area contributed by atoms with Gasteiger partial charge in [0, 0.05) is 17.6 Å². The van der Waals surface area contributed by atoms with Crippen LogP contribution in [0, 0.1) is 5.92 Å². The van der Waals surface area contributed by atoms with Gasteiger partial charge in [-0.15, -0.1) is 0 Å². The van der Waals surface area contributed by atoms with Crippen molar-refractivity contribution in [2.45, 2.75) is 57.2 Å². The molecule has 0 aromatic rings. The van der Waals surface area contributed by atoms with E-state index < -0.39 is 0 Å². The van der Waals surface area contributed by atoms with Gasteiger partial charge in [0.15, 0.2) is 0 Å². The smallest absolute Gasteiger partial charge is 0.0185 e. The molecule has 0 bridgehead atoms. The number of hydrogen-bond donors (Lipinski definition) is 1. The second-order valence-electron chi connectivity index (χ2n) is 5.27. The van der Waals surface area contributed by atoms with Gasteiger partial charge in [0.2, 0.25) is 0 Å². The Morgan fingerprint density at radius 2 is 1.62 bits per heavy atom. The van der Waals surface area contributed by atoms with Gasteiger partial charge in [-0.2, -0.15) is 0 Å². The summed E-state index contributed by atoms with van der Waals surface area (Å²) in [6, 6.07) is 1.43. The quantitative estimate of drug-likeness (QED) is 0.667. The number of piperidine rings is 1. The maximum Gasteiger partial charge on any atom is 0.0185 e. The fraction of sp³-hybridized carbons (Fsp3) is 1.00. The summed E-state index contributed by atoms with van der Waals surface area (Å²) < 4.78 is 0. The molecule has 2 heteroatoms. The summed E-state index contributed by atoms with van der Waals surface area (Å²) in [4.78, 5) is 2.49. The number of hydrogen-bond acceptors (Lipinski definition) is 2. The molecule has 0 aromatic carbocycles. The average molecular weight is 182 g/mol. The van der Waals surface area contributed by atoms with Crippen LogP contribution in [0.4, 0.5) is 0 Å². The van der Waals surface area contributed by atoms with Crippen molar-refractivity contribution in [3.05, 3.63) is 0 Å². The fourth-order valence-electron chi connectivity index (χ4n) is 2.71. The molecule has 0 aromatic heterocycles. The van der Waals surface area contributed by atoms with Crippen LogP contribution in [0.15, 0.2) is 0 Å². The minimum atomic E-state index is 0.240. The van der Waals surface area contributed by atoms with Gasteiger partial charge in [-0.05, 0) is 52.5 Å². The number of rotatable bonds is 1. The molecule has 76 valence electrons. The molecular formula is C11H22N2. The van der Waals surface area contributed by atoms with E-state index in [1.54, 1.807) is 0 Å². The second kappa shape index (κ2) is 2.96. The molecular weight excluding hydrogens is 160 g/mol. The predicted octanol–water partition coefficient (Wildman–Crippen LogP) is 1.60. The van der Waals surface area contributed by atoms with Crippen LogP contribution in [0.5, 0.6) is 0 Å². The third-order valence-corrected chi connectivity index (χ3v) is 4.28. The number of nitrogens with two attached hydrogens (primary N) is 1. The monoisotopic (exact) mass is 182 g/mol. The fourth-order valence-corrected chi connectivity index (χ4v) is 2.71. The molecule has 0 radical (unpaired) electrons. The van der Waals surface area contributed by atoms with Gasteiger partial charge in [0.1, 0.15) is 0 Å². The van der Waals surface area contributed by atoms with E-state index in [1.165, 1.54) is 25.7 Å². The summed E-state index contributed by atoms with van der Waals surface area (Å²) in [6.45, 7) is 4.66. The first-order chi connectivity index (χ1) is 6.03. The van der Waals surface area contributed by atoms with Crippen LogP contribution in [0.1, 0.15) is 39.5 Å². The molecule has 1 heterocycles. The maximum atomic E-state index is 6.27. The summed E-state index contributed by atoms with van der Waals surface area (Å²) in [5.74, 6) is 0.786. The van der Waals surface area contributed by atoms with Crippen LogP contribution in [0.25, 0.3) is 0 Å². The molecule has 2 rings (SSSR count). The molecule has 1 unspecified atom stereocenters. The van der Waals surface area contributed by atoms with E-state index in [0.717, 1.165) is 18.0 Å². The number of nitrogens with zero attached hydrogens (tertiary/aromatic N) is 1. The van der Waals surface area contributed by atoms with Crippen LogP contribution >= 0.6 is 0 Å². The van der Waals surface area contributed by atoms with Crippen molar-refractivity contribution >= 4 is 0 Å². The lowest BCUT2D eigenvalue weighted by atomic mass is 9.81.